The van der Waals surface area contributed by atoms with Crippen LogP contribution in [0.5, 0.6) is 0 Å². The maximum absolute atomic E-state index is 2.52. The van der Waals surface area contributed by atoms with Crippen LogP contribution in [0.4, 0.5) is 0 Å². The molecule has 0 aliphatic rings. The van der Waals surface area contributed by atoms with Crippen molar-refractivity contribution in [2.45, 2.75) is 207 Å². The maximum Gasteiger partial charge on any atom is 0.105 e. The molecule has 0 aliphatic heterocycles. The van der Waals surface area contributed by atoms with Crippen LogP contribution in [0.2, 0.25) is 0 Å². The first kappa shape index (κ1) is 45.0. The molecule has 2 aromatic carbocycles. The van der Waals surface area contributed by atoms with Crippen LogP contribution in [0, 0.1) is 0 Å². The average molecular weight is 699 g/mol. The molecule has 0 radical (unpaired) electrons. The standard InChI is InChI=1S/C50H84N/c1-3-5-7-9-11-13-15-17-19-21-23-25-27-29-31-39-45-51(47-49-41-35-33-36-42-49,48-50-43-37-34-38-44-50)46-40-32-30-28-26-24-22-20-18-16-14-12-10-8-6-4-2/h31-44H,3-30,45-48H2,1-2H3/q+1/b39-31+,40-32+. The second-order valence-corrected chi connectivity index (χ2v) is 16.0. The summed E-state index contributed by atoms with van der Waals surface area (Å²) in [5.74, 6) is 0. The fraction of sp³-hybridized carbons (Fsp3) is 0.680. The van der Waals surface area contributed by atoms with E-state index in [9.17, 15) is 0 Å². The van der Waals surface area contributed by atoms with Crippen LogP contribution in [0.15, 0.2) is 85.0 Å². The van der Waals surface area contributed by atoms with Gasteiger partial charge < -0.3 is 4.48 Å². The van der Waals surface area contributed by atoms with E-state index in [0.717, 1.165) is 30.7 Å². The van der Waals surface area contributed by atoms with Gasteiger partial charge in [-0.15, -0.1) is 0 Å². The van der Waals surface area contributed by atoms with E-state index < -0.39 is 0 Å². The Hall–Kier alpha value is -2.12. The van der Waals surface area contributed by atoms with Crippen LogP contribution in [-0.2, 0) is 13.1 Å². The number of unbranched alkanes of at least 4 members (excludes halogenated alkanes) is 26. The van der Waals surface area contributed by atoms with Crippen molar-refractivity contribution in [1.82, 2.24) is 0 Å². The lowest BCUT2D eigenvalue weighted by Crippen LogP contribution is -2.46. The molecule has 0 saturated carbocycles. The molecule has 0 saturated heterocycles. The van der Waals surface area contributed by atoms with E-state index in [4.69, 9.17) is 0 Å². The third-order valence-corrected chi connectivity index (χ3v) is 11.0. The van der Waals surface area contributed by atoms with Crippen molar-refractivity contribution in [3.05, 3.63) is 96.1 Å². The van der Waals surface area contributed by atoms with Gasteiger partial charge in [-0.05, 0) is 37.8 Å². The molecule has 0 aliphatic carbocycles. The normalized spacial score (nSPS) is 12.1. The van der Waals surface area contributed by atoms with Crippen LogP contribution >= 0.6 is 0 Å². The third-order valence-electron chi connectivity index (χ3n) is 11.0. The molecule has 0 heterocycles. The maximum atomic E-state index is 2.52. The number of hydrogen-bond acceptors (Lipinski definition) is 0. The van der Waals surface area contributed by atoms with Gasteiger partial charge >= 0.3 is 0 Å². The van der Waals surface area contributed by atoms with E-state index >= 15 is 0 Å². The monoisotopic (exact) mass is 699 g/mol. The molecule has 2 rings (SSSR count). The molecule has 0 fully saturated rings. The van der Waals surface area contributed by atoms with Gasteiger partial charge in [0, 0.05) is 11.1 Å². The number of allylic oxidation sites excluding steroid dienone is 2. The lowest BCUT2D eigenvalue weighted by molar-refractivity contribution is -0.943. The average Bonchev–Trinajstić information content (AvgIpc) is 3.15. The Morgan fingerprint density at radius 1 is 0.333 bits per heavy atom. The quantitative estimate of drug-likeness (QED) is 0.0377. The van der Waals surface area contributed by atoms with Crippen molar-refractivity contribution < 1.29 is 4.48 Å². The van der Waals surface area contributed by atoms with Gasteiger partial charge in [0.2, 0.25) is 0 Å². The number of rotatable bonds is 36. The molecular formula is C50H84N+. The zero-order valence-electron chi connectivity index (χ0n) is 34.2. The van der Waals surface area contributed by atoms with Crippen LogP contribution in [0.1, 0.15) is 205 Å². The number of quaternary nitrogens is 1. The van der Waals surface area contributed by atoms with E-state index in [1.54, 1.807) is 0 Å². The molecule has 0 atom stereocenters. The summed E-state index contributed by atoms with van der Waals surface area (Å²) in [7, 11) is 0. The summed E-state index contributed by atoms with van der Waals surface area (Å²) < 4.78 is 1.05. The number of hydrogen-bond donors (Lipinski definition) is 0. The van der Waals surface area contributed by atoms with E-state index in [0.29, 0.717) is 0 Å². The first-order valence-corrected chi connectivity index (χ1v) is 22.5. The van der Waals surface area contributed by atoms with Gasteiger partial charge in [0.05, 0.1) is 13.1 Å². The van der Waals surface area contributed by atoms with Crippen molar-refractivity contribution in [3.63, 3.8) is 0 Å². The zero-order chi connectivity index (χ0) is 36.2. The smallest absolute Gasteiger partial charge is 0.105 e. The minimum absolute atomic E-state index is 1.05. The Balaban J connectivity index is 1.75. The summed E-state index contributed by atoms with van der Waals surface area (Å²) in [4.78, 5) is 0. The molecule has 1 heteroatoms. The lowest BCUT2D eigenvalue weighted by atomic mass is 10.0. The van der Waals surface area contributed by atoms with Gasteiger partial charge in [0.15, 0.2) is 0 Å². The SMILES string of the molecule is CCCCCCCCCCCCCCC/C=C/C[N+](C/C=C/CCCCCCCCCCCCCCC)(Cc1ccccc1)Cc1ccccc1. The first-order chi connectivity index (χ1) is 25.3. The summed E-state index contributed by atoms with van der Waals surface area (Å²) in [6.45, 7) is 8.93. The highest BCUT2D eigenvalue weighted by Crippen LogP contribution is 2.22. The van der Waals surface area contributed by atoms with Crippen molar-refractivity contribution in [1.29, 1.82) is 0 Å². The van der Waals surface area contributed by atoms with Crippen LogP contribution in [0.3, 0.4) is 0 Å². The van der Waals surface area contributed by atoms with Crippen molar-refractivity contribution >= 4 is 0 Å². The van der Waals surface area contributed by atoms with Gasteiger partial charge in [-0.2, -0.15) is 0 Å². The molecule has 51 heavy (non-hydrogen) atoms. The fourth-order valence-electron chi connectivity index (χ4n) is 7.72. The van der Waals surface area contributed by atoms with Crippen molar-refractivity contribution in [2.24, 2.45) is 0 Å². The van der Waals surface area contributed by atoms with Gasteiger partial charge in [-0.3, -0.25) is 0 Å². The highest BCUT2D eigenvalue weighted by Gasteiger charge is 2.26. The predicted molar refractivity (Wildman–Crippen MR) is 229 cm³/mol. The van der Waals surface area contributed by atoms with E-state index in [1.807, 2.05) is 0 Å². The molecule has 0 unspecified atom stereocenters. The molecule has 0 spiro atoms. The van der Waals surface area contributed by atoms with Crippen molar-refractivity contribution in [2.75, 3.05) is 13.1 Å². The first-order valence-electron chi connectivity index (χ1n) is 22.5. The lowest BCUT2D eigenvalue weighted by Gasteiger charge is -2.37. The number of benzene rings is 2. The summed E-state index contributed by atoms with van der Waals surface area (Å²) >= 11 is 0. The van der Waals surface area contributed by atoms with Crippen LogP contribution < -0.4 is 0 Å². The zero-order valence-corrected chi connectivity index (χ0v) is 34.2. The van der Waals surface area contributed by atoms with E-state index in [1.165, 1.54) is 191 Å². The van der Waals surface area contributed by atoms with Gasteiger partial charge in [0.1, 0.15) is 13.1 Å². The highest BCUT2D eigenvalue weighted by molar-refractivity contribution is 5.16. The molecule has 288 valence electrons. The Kier molecular flexibility index (Phi) is 29.8. The third kappa shape index (κ3) is 26.3. The molecule has 0 bridgehead atoms. The summed E-state index contributed by atoms with van der Waals surface area (Å²) in [6, 6.07) is 22.4. The molecule has 0 aromatic heterocycles. The molecule has 0 N–H and O–H groups in total. The van der Waals surface area contributed by atoms with Crippen LogP contribution in [0.25, 0.3) is 0 Å². The fourth-order valence-corrected chi connectivity index (χ4v) is 7.72. The van der Waals surface area contributed by atoms with Crippen molar-refractivity contribution in [3.8, 4) is 0 Å². The Labute approximate surface area is 319 Å². The molecule has 0 amide bonds. The van der Waals surface area contributed by atoms with Crippen LogP contribution in [-0.4, -0.2) is 17.6 Å². The van der Waals surface area contributed by atoms with Gasteiger partial charge in [-0.1, -0.05) is 241 Å². The highest BCUT2D eigenvalue weighted by atomic mass is 15.3. The second kappa shape index (κ2) is 33.7. The minimum atomic E-state index is 1.05. The summed E-state index contributed by atoms with van der Waals surface area (Å²) in [5.41, 5.74) is 2.89. The van der Waals surface area contributed by atoms with Gasteiger partial charge in [-0.25, -0.2) is 0 Å². The Morgan fingerprint density at radius 3 is 0.902 bits per heavy atom. The Morgan fingerprint density at radius 2 is 0.608 bits per heavy atom. The molecule has 1 nitrogen and oxygen atoms in total. The second-order valence-electron chi connectivity index (χ2n) is 16.0. The Bertz CT molecular complexity index is 952. The molecular weight excluding hydrogens is 615 g/mol. The summed E-state index contributed by atoms with van der Waals surface area (Å²) in [6.07, 6.45) is 49.5. The molecule has 2 aromatic rings. The van der Waals surface area contributed by atoms with E-state index in [2.05, 4.69) is 98.8 Å². The van der Waals surface area contributed by atoms with E-state index in [-0.39, 0.29) is 0 Å². The largest absolute Gasteiger partial charge is 0.310 e. The summed E-state index contributed by atoms with van der Waals surface area (Å²) in [5, 5.41) is 0. The number of nitrogens with zero attached hydrogens (tertiary/aromatic N) is 1. The predicted octanol–water partition coefficient (Wildman–Crippen LogP) is 16.3. The minimum Gasteiger partial charge on any atom is -0.310 e. The van der Waals surface area contributed by atoms with Gasteiger partial charge in [0.25, 0.3) is 0 Å². The topological polar surface area (TPSA) is 0 Å².